The van der Waals surface area contributed by atoms with Gasteiger partial charge in [-0.25, -0.2) is 8.91 Å². The molecule has 5 nitrogen and oxygen atoms in total. The SMILES string of the molecule is O=C(Nc1nc2scc(-c3ccccc3)n2n1)c1cccc(F)c1. The molecule has 118 valence electrons. The summed E-state index contributed by atoms with van der Waals surface area (Å²) in [6.07, 6.45) is 0. The van der Waals surface area contributed by atoms with Crippen molar-refractivity contribution in [1.29, 1.82) is 0 Å². The van der Waals surface area contributed by atoms with Gasteiger partial charge in [-0.3, -0.25) is 10.1 Å². The first-order chi connectivity index (χ1) is 11.7. The molecule has 0 aliphatic rings. The van der Waals surface area contributed by atoms with Crippen LogP contribution in [-0.2, 0) is 0 Å². The van der Waals surface area contributed by atoms with Crippen molar-refractivity contribution < 1.29 is 9.18 Å². The monoisotopic (exact) mass is 338 g/mol. The van der Waals surface area contributed by atoms with Gasteiger partial charge in [0, 0.05) is 16.5 Å². The third-order valence-corrected chi connectivity index (χ3v) is 4.28. The minimum Gasteiger partial charge on any atom is -0.289 e. The summed E-state index contributed by atoms with van der Waals surface area (Å²) >= 11 is 1.43. The fourth-order valence-corrected chi connectivity index (χ4v) is 3.18. The van der Waals surface area contributed by atoms with Gasteiger partial charge in [-0.1, -0.05) is 36.4 Å². The lowest BCUT2D eigenvalue weighted by Crippen LogP contribution is -2.13. The van der Waals surface area contributed by atoms with Gasteiger partial charge in [0.05, 0.1) is 5.69 Å². The first-order valence-corrected chi connectivity index (χ1v) is 8.05. The lowest BCUT2D eigenvalue weighted by Gasteiger charge is -2.01. The number of anilines is 1. The molecule has 0 aliphatic heterocycles. The summed E-state index contributed by atoms with van der Waals surface area (Å²) < 4.78 is 14.9. The quantitative estimate of drug-likeness (QED) is 0.617. The first kappa shape index (κ1) is 14.5. The van der Waals surface area contributed by atoms with Crippen molar-refractivity contribution >= 4 is 28.2 Å². The fourth-order valence-electron chi connectivity index (χ4n) is 2.35. The van der Waals surface area contributed by atoms with Gasteiger partial charge in [0.25, 0.3) is 11.9 Å². The van der Waals surface area contributed by atoms with E-state index in [9.17, 15) is 9.18 Å². The van der Waals surface area contributed by atoms with E-state index in [2.05, 4.69) is 15.4 Å². The average Bonchev–Trinajstić information content (AvgIpc) is 3.15. The number of nitrogens with zero attached hydrogens (tertiary/aromatic N) is 3. The maximum absolute atomic E-state index is 13.2. The zero-order chi connectivity index (χ0) is 16.5. The normalized spacial score (nSPS) is 10.9. The molecule has 0 saturated carbocycles. The van der Waals surface area contributed by atoms with E-state index < -0.39 is 11.7 Å². The minimum absolute atomic E-state index is 0.188. The van der Waals surface area contributed by atoms with Crippen LogP contribution in [0.25, 0.3) is 16.2 Å². The van der Waals surface area contributed by atoms with Crippen LogP contribution in [0.15, 0.2) is 60.0 Å². The summed E-state index contributed by atoms with van der Waals surface area (Å²) in [4.78, 5) is 17.1. The maximum atomic E-state index is 13.2. The first-order valence-electron chi connectivity index (χ1n) is 7.17. The Bertz CT molecular complexity index is 1030. The van der Waals surface area contributed by atoms with Gasteiger partial charge in [0.1, 0.15) is 5.82 Å². The Hall–Kier alpha value is -3.06. The molecule has 0 radical (unpaired) electrons. The van der Waals surface area contributed by atoms with Crippen molar-refractivity contribution in [3.63, 3.8) is 0 Å². The lowest BCUT2D eigenvalue weighted by molar-refractivity contribution is 0.102. The number of carbonyl (C=O) groups is 1. The lowest BCUT2D eigenvalue weighted by atomic mass is 10.2. The van der Waals surface area contributed by atoms with Crippen molar-refractivity contribution in [1.82, 2.24) is 14.6 Å². The van der Waals surface area contributed by atoms with Crippen molar-refractivity contribution in [3.8, 4) is 11.3 Å². The minimum atomic E-state index is -0.465. The molecule has 0 fully saturated rings. The third kappa shape index (κ3) is 2.65. The van der Waals surface area contributed by atoms with Gasteiger partial charge in [0.15, 0.2) is 0 Å². The number of hydrogen-bond acceptors (Lipinski definition) is 4. The molecular weight excluding hydrogens is 327 g/mol. The van der Waals surface area contributed by atoms with Crippen molar-refractivity contribution in [2.75, 3.05) is 5.32 Å². The van der Waals surface area contributed by atoms with E-state index in [0.29, 0.717) is 4.96 Å². The number of fused-ring (bicyclic) bond motifs is 1. The van der Waals surface area contributed by atoms with Crippen LogP contribution in [0.2, 0.25) is 0 Å². The van der Waals surface area contributed by atoms with E-state index in [1.807, 2.05) is 35.7 Å². The van der Waals surface area contributed by atoms with Crippen LogP contribution in [0.4, 0.5) is 10.3 Å². The molecule has 0 aliphatic carbocycles. The number of rotatable bonds is 3. The second kappa shape index (κ2) is 5.86. The molecule has 1 N–H and O–H groups in total. The molecule has 0 saturated heterocycles. The van der Waals surface area contributed by atoms with Gasteiger partial charge in [0.2, 0.25) is 4.96 Å². The predicted octanol–water partition coefficient (Wildman–Crippen LogP) is 3.85. The number of aromatic nitrogens is 3. The molecule has 0 unspecified atom stereocenters. The maximum Gasteiger partial charge on any atom is 0.258 e. The van der Waals surface area contributed by atoms with Crippen LogP contribution in [0.3, 0.4) is 0 Å². The summed E-state index contributed by atoms with van der Waals surface area (Å²) in [7, 11) is 0. The number of hydrogen-bond donors (Lipinski definition) is 1. The van der Waals surface area contributed by atoms with E-state index in [1.165, 1.54) is 35.6 Å². The van der Waals surface area contributed by atoms with Gasteiger partial charge >= 0.3 is 0 Å². The van der Waals surface area contributed by atoms with Gasteiger partial charge in [-0.2, -0.15) is 4.98 Å². The average molecular weight is 338 g/mol. The van der Waals surface area contributed by atoms with E-state index >= 15 is 0 Å². The molecule has 0 bridgehead atoms. The third-order valence-electron chi connectivity index (χ3n) is 3.46. The highest BCUT2D eigenvalue weighted by molar-refractivity contribution is 7.15. The van der Waals surface area contributed by atoms with Crippen molar-refractivity contribution in [3.05, 3.63) is 71.4 Å². The summed E-state index contributed by atoms with van der Waals surface area (Å²) in [5.74, 6) is -0.727. The number of amides is 1. The van der Waals surface area contributed by atoms with Crippen LogP contribution in [0.5, 0.6) is 0 Å². The molecular formula is C17H11FN4OS. The van der Waals surface area contributed by atoms with Crippen LogP contribution in [0, 0.1) is 5.82 Å². The van der Waals surface area contributed by atoms with E-state index in [0.717, 1.165) is 11.3 Å². The topological polar surface area (TPSA) is 59.3 Å². The van der Waals surface area contributed by atoms with Crippen molar-refractivity contribution in [2.45, 2.75) is 0 Å². The summed E-state index contributed by atoms with van der Waals surface area (Å²) in [6, 6.07) is 15.3. The Morgan fingerprint density at radius 3 is 2.75 bits per heavy atom. The van der Waals surface area contributed by atoms with Crippen LogP contribution < -0.4 is 5.32 Å². The van der Waals surface area contributed by atoms with Crippen LogP contribution >= 0.6 is 11.3 Å². The number of thiazole rings is 1. The predicted molar refractivity (Wildman–Crippen MR) is 90.7 cm³/mol. The Balaban J connectivity index is 1.64. The molecule has 4 aromatic rings. The zero-order valence-electron chi connectivity index (χ0n) is 12.3. The highest BCUT2D eigenvalue weighted by Crippen LogP contribution is 2.25. The van der Waals surface area contributed by atoms with E-state index in [4.69, 9.17) is 0 Å². The number of carbonyl (C=O) groups excluding carboxylic acids is 1. The molecule has 4 rings (SSSR count). The Morgan fingerprint density at radius 2 is 1.96 bits per heavy atom. The molecule has 2 heterocycles. The molecule has 2 aromatic heterocycles. The Kier molecular flexibility index (Phi) is 3.55. The summed E-state index contributed by atoms with van der Waals surface area (Å²) in [5.41, 5.74) is 2.13. The molecule has 1 amide bonds. The van der Waals surface area contributed by atoms with Gasteiger partial charge in [-0.15, -0.1) is 16.4 Å². The molecule has 0 spiro atoms. The largest absolute Gasteiger partial charge is 0.289 e. The summed E-state index contributed by atoms with van der Waals surface area (Å²) in [5, 5.41) is 8.89. The van der Waals surface area contributed by atoms with Gasteiger partial charge < -0.3 is 0 Å². The fraction of sp³-hybridized carbons (Fsp3) is 0. The zero-order valence-corrected chi connectivity index (χ0v) is 13.1. The second-order valence-electron chi connectivity index (χ2n) is 5.08. The highest BCUT2D eigenvalue weighted by Gasteiger charge is 2.14. The molecule has 2 aromatic carbocycles. The molecule has 7 heteroatoms. The Labute approximate surface area is 140 Å². The molecule has 24 heavy (non-hydrogen) atoms. The number of nitrogens with one attached hydrogen (secondary N) is 1. The highest BCUT2D eigenvalue weighted by atomic mass is 32.1. The van der Waals surface area contributed by atoms with Gasteiger partial charge in [-0.05, 0) is 18.2 Å². The number of benzene rings is 2. The van der Waals surface area contributed by atoms with Crippen molar-refractivity contribution in [2.24, 2.45) is 0 Å². The Morgan fingerprint density at radius 1 is 1.12 bits per heavy atom. The van der Waals surface area contributed by atoms with Crippen LogP contribution in [-0.4, -0.2) is 20.5 Å². The smallest absolute Gasteiger partial charge is 0.258 e. The van der Waals surface area contributed by atoms with Crippen LogP contribution in [0.1, 0.15) is 10.4 Å². The summed E-state index contributed by atoms with van der Waals surface area (Å²) in [6.45, 7) is 0. The van der Waals surface area contributed by atoms with E-state index in [-0.39, 0.29) is 11.5 Å². The second-order valence-corrected chi connectivity index (χ2v) is 5.92. The van der Waals surface area contributed by atoms with E-state index in [1.54, 1.807) is 4.52 Å². The molecule has 0 atom stereocenters. The standard InChI is InChI=1S/C17H11FN4OS/c18-13-8-4-7-12(9-13)15(23)19-16-20-17-22(21-16)14(10-24-17)11-5-2-1-3-6-11/h1-10H,(H,19,21,23). The number of halogens is 1.